The van der Waals surface area contributed by atoms with E-state index in [1.165, 1.54) is 16.4 Å². The van der Waals surface area contributed by atoms with Crippen LogP contribution < -0.4 is 14.5 Å². The third-order valence-electron chi connectivity index (χ3n) is 6.14. The van der Waals surface area contributed by atoms with E-state index in [0.29, 0.717) is 31.0 Å². The van der Waals surface area contributed by atoms with Gasteiger partial charge < -0.3 is 15.0 Å². The van der Waals surface area contributed by atoms with Crippen LogP contribution in [0.5, 0.6) is 0 Å². The number of carbonyl (C=O) groups is 1. The number of para-hydroxylation sites is 1. The number of hydrogen-bond acceptors (Lipinski definition) is 6. The Balaban J connectivity index is 1.34. The number of anilines is 3. The number of benzene rings is 2. The lowest BCUT2D eigenvalue weighted by atomic mass is 10.1. The van der Waals surface area contributed by atoms with E-state index < -0.39 is 15.9 Å². The molecule has 5 rings (SSSR count). The van der Waals surface area contributed by atoms with Crippen molar-refractivity contribution in [2.45, 2.75) is 24.3 Å². The summed E-state index contributed by atoms with van der Waals surface area (Å²) >= 11 is 0. The van der Waals surface area contributed by atoms with Gasteiger partial charge >= 0.3 is 0 Å². The second kappa shape index (κ2) is 9.08. The molecule has 2 aromatic carbocycles. The summed E-state index contributed by atoms with van der Waals surface area (Å²) in [5, 5.41) is 2.81. The molecule has 1 N–H and O–H groups in total. The number of nitrogens with one attached hydrogen (secondary N) is 1. The van der Waals surface area contributed by atoms with Gasteiger partial charge in [-0.25, -0.2) is 13.4 Å². The molecule has 1 saturated heterocycles. The predicted molar refractivity (Wildman–Crippen MR) is 131 cm³/mol. The highest BCUT2D eigenvalue weighted by molar-refractivity contribution is 7.92. The van der Waals surface area contributed by atoms with E-state index in [1.807, 2.05) is 37.3 Å². The van der Waals surface area contributed by atoms with Gasteiger partial charge in [0.25, 0.3) is 15.9 Å². The average Bonchev–Trinajstić information content (AvgIpc) is 3.21. The van der Waals surface area contributed by atoms with Crippen LogP contribution in [0.1, 0.15) is 22.8 Å². The smallest absolute Gasteiger partial charge is 0.264 e. The number of ether oxygens (including phenoxy) is 1. The van der Waals surface area contributed by atoms with Crippen LogP contribution in [0.3, 0.4) is 0 Å². The molecule has 0 unspecified atom stereocenters. The number of pyridine rings is 1. The Hall–Kier alpha value is -3.43. The zero-order valence-corrected chi connectivity index (χ0v) is 19.7. The molecule has 1 atom stereocenters. The number of rotatable bonds is 5. The molecule has 2 aliphatic heterocycles. The third-order valence-corrected chi connectivity index (χ3v) is 8.06. The van der Waals surface area contributed by atoms with Crippen molar-refractivity contribution in [3.05, 3.63) is 78.0 Å². The van der Waals surface area contributed by atoms with Crippen LogP contribution in [0.15, 0.2) is 71.8 Å². The first kappa shape index (κ1) is 22.4. The summed E-state index contributed by atoms with van der Waals surface area (Å²) in [6.45, 7) is 4.78. The van der Waals surface area contributed by atoms with Crippen molar-refractivity contribution in [2.24, 2.45) is 0 Å². The number of amides is 1. The molecule has 1 aromatic heterocycles. The fourth-order valence-electron chi connectivity index (χ4n) is 4.46. The molecule has 0 aliphatic carbocycles. The number of fused-ring (bicyclic) bond motifs is 1. The second-order valence-electron chi connectivity index (χ2n) is 8.47. The summed E-state index contributed by atoms with van der Waals surface area (Å²) in [5.74, 6) is 0.433. The van der Waals surface area contributed by atoms with Crippen LogP contribution >= 0.6 is 0 Å². The van der Waals surface area contributed by atoms with Gasteiger partial charge in [0.2, 0.25) is 0 Å². The molecular weight excluding hydrogens is 452 g/mol. The molecule has 3 aromatic rings. The largest absolute Gasteiger partial charge is 0.378 e. The quantitative estimate of drug-likeness (QED) is 0.605. The lowest BCUT2D eigenvalue weighted by Crippen LogP contribution is -2.36. The average molecular weight is 479 g/mol. The Labute approximate surface area is 199 Å². The predicted octanol–water partition coefficient (Wildman–Crippen LogP) is 3.31. The minimum atomic E-state index is -3.82. The molecule has 8 nitrogen and oxygen atoms in total. The summed E-state index contributed by atoms with van der Waals surface area (Å²) in [6.07, 6.45) is 2.26. The van der Waals surface area contributed by atoms with E-state index in [4.69, 9.17) is 4.74 Å². The standard InChI is InChI=1S/C25H26N4O4S/c1-18-15-19-5-2-3-8-23(19)29(18)34(31,32)22-7-4-6-20(16-22)25(30)27-21-9-10-24(26-17-21)28-11-13-33-14-12-28/h2-10,16-18H,11-15H2,1H3,(H,27,30)/t18-/m0/s1. The van der Waals surface area contributed by atoms with E-state index >= 15 is 0 Å². The molecule has 2 aliphatic rings. The van der Waals surface area contributed by atoms with Crippen molar-refractivity contribution in [3.63, 3.8) is 0 Å². The Morgan fingerprint density at radius 3 is 2.62 bits per heavy atom. The Morgan fingerprint density at radius 1 is 1.06 bits per heavy atom. The fraction of sp³-hybridized carbons (Fsp3) is 0.280. The number of carbonyl (C=O) groups excluding carboxylic acids is 1. The first-order valence-corrected chi connectivity index (χ1v) is 12.7. The van der Waals surface area contributed by atoms with Gasteiger partial charge in [-0.2, -0.15) is 0 Å². The van der Waals surface area contributed by atoms with Gasteiger partial charge in [-0.05, 0) is 55.3 Å². The summed E-state index contributed by atoms with van der Waals surface area (Å²) in [6, 6.07) is 17.1. The zero-order chi connectivity index (χ0) is 23.7. The Morgan fingerprint density at radius 2 is 1.85 bits per heavy atom. The molecule has 34 heavy (non-hydrogen) atoms. The third kappa shape index (κ3) is 4.24. The number of hydrogen-bond donors (Lipinski definition) is 1. The molecule has 9 heteroatoms. The minimum absolute atomic E-state index is 0.0875. The molecule has 0 spiro atoms. The zero-order valence-electron chi connectivity index (χ0n) is 18.8. The topological polar surface area (TPSA) is 91.8 Å². The summed E-state index contributed by atoms with van der Waals surface area (Å²) in [7, 11) is -3.82. The number of morpholine rings is 1. The summed E-state index contributed by atoms with van der Waals surface area (Å²) in [4.78, 5) is 19.5. The summed E-state index contributed by atoms with van der Waals surface area (Å²) < 4.78 is 33.8. The van der Waals surface area contributed by atoms with Crippen molar-refractivity contribution >= 4 is 33.1 Å². The lowest BCUT2D eigenvalue weighted by molar-refractivity contribution is 0.102. The van der Waals surface area contributed by atoms with Crippen LogP contribution in [0.25, 0.3) is 0 Å². The van der Waals surface area contributed by atoms with Crippen molar-refractivity contribution in [1.29, 1.82) is 0 Å². The van der Waals surface area contributed by atoms with E-state index in [9.17, 15) is 13.2 Å². The van der Waals surface area contributed by atoms with Crippen molar-refractivity contribution in [1.82, 2.24) is 4.98 Å². The normalized spacial score (nSPS) is 18.0. The van der Waals surface area contributed by atoms with Gasteiger partial charge in [0.1, 0.15) is 5.82 Å². The van der Waals surface area contributed by atoms with Crippen LogP contribution in [0, 0.1) is 0 Å². The molecule has 0 bridgehead atoms. The second-order valence-corrected chi connectivity index (χ2v) is 10.3. The molecule has 176 valence electrons. The van der Waals surface area contributed by atoms with E-state index in [1.54, 1.807) is 24.4 Å². The minimum Gasteiger partial charge on any atom is -0.378 e. The number of aromatic nitrogens is 1. The monoisotopic (exact) mass is 478 g/mol. The van der Waals surface area contributed by atoms with Gasteiger partial charge in [0.05, 0.1) is 35.7 Å². The molecule has 3 heterocycles. The Bertz CT molecular complexity index is 1300. The van der Waals surface area contributed by atoms with E-state index in [-0.39, 0.29) is 16.5 Å². The lowest BCUT2D eigenvalue weighted by Gasteiger charge is -2.27. The van der Waals surface area contributed by atoms with Crippen LogP contribution in [-0.4, -0.2) is 51.7 Å². The van der Waals surface area contributed by atoms with Crippen LogP contribution in [0.2, 0.25) is 0 Å². The van der Waals surface area contributed by atoms with Crippen LogP contribution in [0.4, 0.5) is 17.2 Å². The fourth-order valence-corrected chi connectivity index (χ4v) is 6.20. The van der Waals surface area contributed by atoms with Gasteiger partial charge in [0, 0.05) is 24.7 Å². The highest BCUT2D eigenvalue weighted by atomic mass is 32.2. The maximum absolute atomic E-state index is 13.5. The maximum atomic E-state index is 13.5. The van der Waals surface area contributed by atoms with Crippen molar-refractivity contribution in [3.8, 4) is 0 Å². The van der Waals surface area contributed by atoms with Gasteiger partial charge in [0.15, 0.2) is 0 Å². The number of nitrogens with zero attached hydrogens (tertiary/aromatic N) is 3. The molecule has 1 amide bonds. The van der Waals surface area contributed by atoms with E-state index in [2.05, 4.69) is 15.2 Å². The molecule has 1 fully saturated rings. The maximum Gasteiger partial charge on any atom is 0.264 e. The summed E-state index contributed by atoms with van der Waals surface area (Å²) in [5.41, 5.74) is 2.49. The van der Waals surface area contributed by atoms with Crippen LogP contribution in [-0.2, 0) is 21.2 Å². The van der Waals surface area contributed by atoms with E-state index in [0.717, 1.165) is 24.5 Å². The Kier molecular flexibility index (Phi) is 5.97. The molecule has 0 radical (unpaired) electrons. The highest BCUT2D eigenvalue weighted by Gasteiger charge is 2.36. The molecular formula is C25H26N4O4S. The van der Waals surface area contributed by atoms with Crippen molar-refractivity contribution < 1.29 is 17.9 Å². The first-order chi connectivity index (χ1) is 16.4. The first-order valence-electron chi connectivity index (χ1n) is 11.3. The van der Waals surface area contributed by atoms with Gasteiger partial charge in [-0.3, -0.25) is 9.10 Å². The van der Waals surface area contributed by atoms with Gasteiger partial charge in [-0.1, -0.05) is 24.3 Å². The number of sulfonamides is 1. The van der Waals surface area contributed by atoms with Crippen molar-refractivity contribution in [2.75, 3.05) is 40.8 Å². The molecule has 0 saturated carbocycles. The SMILES string of the molecule is C[C@H]1Cc2ccccc2N1S(=O)(=O)c1cccc(C(=O)Nc2ccc(N3CCOCC3)nc2)c1. The highest BCUT2D eigenvalue weighted by Crippen LogP contribution is 2.36. The van der Waals surface area contributed by atoms with Gasteiger partial charge in [-0.15, -0.1) is 0 Å².